The van der Waals surface area contributed by atoms with Crippen LogP contribution in [0.25, 0.3) is 0 Å². The van der Waals surface area contributed by atoms with Crippen LogP contribution in [0.1, 0.15) is 12.0 Å². The van der Waals surface area contributed by atoms with Gasteiger partial charge in [0.25, 0.3) is 0 Å². The molecule has 100 valence electrons. The molecule has 0 saturated carbocycles. The van der Waals surface area contributed by atoms with E-state index < -0.39 is 0 Å². The number of hydrogen-bond donors (Lipinski definition) is 1. The van der Waals surface area contributed by atoms with Crippen LogP contribution in [-0.2, 0) is 6.42 Å². The normalized spacial score (nSPS) is 20.6. The highest BCUT2D eigenvalue weighted by atomic mass is 15.2. The molecule has 18 heavy (non-hydrogen) atoms. The van der Waals surface area contributed by atoms with Crippen molar-refractivity contribution in [2.75, 3.05) is 39.8 Å². The molecule has 0 bridgehead atoms. The van der Waals surface area contributed by atoms with Crippen LogP contribution in [0, 0.1) is 0 Å². The van der Waals surface area contributed by atoms with Gasteiger partial charge in [0.05, 0.1) is 0 Å². The standard InChI is InChI=1S/C15H25N3/c1-17-8-5-9-18(11-10-17)15(13-16)12-14-6-3-2-4-7-14/h2-4,6-7,15H,5,8-13,16H2,1H3. The van der Waals surface area contributed by atoms with E-state index in [0.29, 0.717) is 6.04 Å². The lowest BCUT2D eigenvalue weighted by molar-refractivity contribution is 0.205. The molecule has 1 unspecified atom stereocenters. The van der Waals surface area contributed by atoms with Gasteiger partial charge in [0.15, 0.2) is 0 Å². The van der Waals surface area contributed by atoms with Gasteiger partial charge in [0, 0.05) is 25.7 Å². The Hall–Kier alpha value is -0.900. The molecule has 1 heterocycles. The van der Waals surface area contributed by atoms with Gasteiger partial charge >= 0.3 is 0 Å². The molecule has 3 nitrogen and oxygen atoms in total. The van der Waals surface area contributed by atoms with E-state index >= 15 is 0 Å². The summed E-state index contributed by atoms with van der Waals surface area (Å²) in [5.74, 6) is 0. The number of nitrogens with two attached hydrogens (primary N) is 1. The van der Waals surface area contributed by atoms with Gasteiger partial charge in [-0.1, -0.05) is 30.3 Å². The van der Waals surface area contributed by atoms with Crippen molar-refractivity contribution in [1.29, 1.82) is 0 Å². The van der Waals surface area contributed by atoms with E-state index in [1.54, 1.807) is 0 Å². The third kappa shape index (κ3) is 3.80. The summed E-state index contributed by atoms with van der Waals surface area (Å²) < 4.78 is 0. The van der Waals surface area contributed by atoms with Crippen LogP contribution in [0.15, 0.2) is 30.3 Å². The lowest BCUT2D eigenvalue weighted by Crippen LogP contribution is -2.43. The Morgan fingerprint density at radius 1 is 1.11 bits per heavy atom. The van der Waals surface area contributed by atoms with Crippen molar-refractivity contribution in [3.8, 4) is 0 Å². The fraction of sp³-hybridized carbons (Fsp3) is 0.600. The van der Waals surface area contributed by atoms with E-state index in [-0.39, 0.29) is 0 Å². The molecule has 0 aliphatic carbocycles. The molecule has 1 atom stereocenters. The van der Waals surface area contributed by atoms with Gasteiger partial charge in [-0.15, -0.1) is 0 Å². The van der Waals surface area contributed by atoms with E-state index in [4.69, 9.17) is 5.73 Å². The monoisotopic (exact) mass is 247 g/mol. The third-order valence-corrected chi connectivity index (χ3v) is 3.86. The summed E-state index contributed by atoms with van der Waals surface area (Å²) in [4.78, 5) is 4.98. The molecule has 2 N–H and O–H groups in total. The second-order valence-corrected chi connectivity index (χ2v) is 5.27. The fourth-order valence-corrected chi connectivity index (χ4v) is 2.68. The van der Waals surface area contributed by atoms with Crippen molar-refractivity contribution in [2.45, 2.75) is 18.9 Å². The summed E-state index contributed by atoms with van der Waals surface area (Å²) in [6.45, 7) is 5.44. The smallest absolute Gasteiger partial charge is 0.0259 e. The first-order valence-electron chi connectivity index (χ1n) is 6.96. The maximum Gasteiger partial charge on any atom is 0.0259 e. The summed E-state index contributed by atoms with van der Waals surface area (Å²) in [6, 6.07) is 11.2. The van der Waals surface area contributed by atoms with E-state index in [1.165, 1.54) is 25.1 Å². The van der Waals surface area contributed by atoms with Crippen LogP contribution in [0.5, 0.6) is 0 Å². The van der Waals surface area contributed by atoms with Crippen LogP contribution in [-0.4, -0.2) is 55.6 Å². The van der Waals surface area contributed by atoms with Crippen molar-refractivity contribution in [1.82, 2.24) is 9.80 Å². The Labute approximate surface area is 111 Å². The predicted octanol–water partition coefficient (Wildman–Crippen LogP) is 1.19. The summed E-state index contributed by atoms with van der Waals surface area (Å²) >= 11 is 0. The zero-order valence-electron chi connectivity index (χ0n) is 11.4. The largest absolute Gasteiger partial charge is 0.329 e. The lowest BCUT2D eigenvalue weighted by atomic mass is 10.0. The lowest BCUT2D eigenvalue weighted by Gasteiger charge is -2.29. The second kappa shape index (κ2) is 6.88. The maximum atomic E-state index is 5.98. The molecule has 1 fully saturated rings. The molecule has 3 heteroatoms. The van der Waals surface area contributed by atoms with Crippen LogP contribution in [0.4, 0.5) is 0 Å². The number of likely N-dealkylation sites (N-methyl/N-ethyl adjacent to an activating group) is 1. The molecule has 1 aliphatic heterocycles. The first-order chi connectivity index (χ1) is 8.79. The maximum absolute atomic E-state index is 5.98. The molecular formula is C15H25N3. The van der Waals surface area contributed by atoms with E-state index in [9.17, 15) is 0 Å². The highest BCUT2D eigenvalue weighted by Crippen LogP contribution is 2.11. The Morgan fingerprint density at radius 2 is 1.89 bits per heavy atom. The zero-order chi connectivity index (χ0) is 12.8. The van der Waals surface area contributed by atoms with Gasteiger partial charge < -0.3 is 10.6 Å². The quantitative estimate of drug-likeness (QED) is 0.867. The SMILES string of the molecule is CN1CCCN(C(CN)Cc2ccccc2)CC1. The minimum atomic E-state index is 0.485. The molecule has 0 radical (unpaired) electrons. The van der Waals surface area contributed by atoms with Gasteiger partial charge in [-0.3, -0.25) is 4.90 Å². The number of benzene rings is 1. The molecule has 2 rings (SSSR count). The summed E-state index contributed by atoms with van der Waals surface area (Å²) in [5, 5.41) is 0. The second-order valence-electron chi connectivity index (χ2n) is 5.27. The fourth-order valence-electron chi connectivity index (χ4n) is 2.68. The predicted molar refractivity (Wildman–Crippen MR) is 76.7 cm³/mol. The van der Waals surface area contributed by atoms with Crippen LogP contribution < -0.4 is 5.73 Å². The summed E-state index contributed by atoms with van der Waals surface area (Å²) in [7, 11) is 2.21. The molecule has 1 aromatic rings. The number of nitrogens with zero attached hydrogens (tertiary/aromatic N) is 2. The molecule has 1 saturated heterocycles. The molecule has 0 aromatic heterocycles. The zero-order valence-corrected chi connectivity index (χ0v) is 11.4. The Kier molecular flexibility index (Phi) is 5.17. The molecule has 1 aliphatic rings. The minimum absolute atomic E-state index is 0.485. The van der Waals surface area contributed by atoms with Gasteiger partial charge in [-0.2, -0.15) is 0 Å². The van der Waals surface area contributed by atoms with Crippen molar-refractivity contribution in [3.05, 3.63) is 35.9 Å². The van der Waals surface area contributed by atoms with Crippen LogP contribution in [0.3, 0.4) is 0 Å². The number of hydrogen-bond acceptors (Lipinski definition) is 3. The van der Waals surface area contributed by atoms with Gasteiger partial charge in [-0.05, 0) is 38.5 Å². The van der Waals surface area contributed by atoms with Crippen LogP contribution in [0.2, 0.25) is 0 Å². The third-order valence-electron chi connectivity index (χ3n) is 3.86. The van der Waals surface area contributed by atoms with Gasteiger partial charge in [0.2, 0.25) is 0 Å². The molecule has 0 spiro atoms. The van der Waals surface area contributed by atoms with Crippen molar-refractivity contribution >= 4 is 0 Å². The average Bonchev–Trinajstić information content (AvgIpc) is 2.62. The number of rotatable bonds is 4. The van der Waals surface area contributed by atoms with Crippen molar-refractivity contribution in [2.24, 2.45) is 5.73 Å². The highest BCUT2D eigenvalue weighted by molar-refractivity contribution is 5.16. The average molecular weight is 247 g/mol. The Morgan fingerprint density at radius 3 is 2.61 bits per heavy atom. The first kappa shape index (κ1) is 13.5. The first-order valence-corrected chi connectivity index (χ1v) is 6.96. The summed E-state index contributed by atoms with van der Waals surface area (Å²) in [5.41, 5.74) is 7.38. The van der Waals surface area contributed by atoms with Crippen LogP contribution >= 0.6 is 0 Å². The Bertz CT molecular complexity index is 339. The summed E-state index contributed by atoms with van der Waals surface area (Å²) in [6.07, 6.45) is 2.32. The van der Waals surface area contributed by atoms with Gasteiger partial charge in [0.1, 0.15) is 0 Å². The highest BCUT2D eigenvalue weighted by Gasteiger charge is 2.19. The molecular weight excluding hydrogens is 222 g/mol. The van der Waals surface area contributed by atoms with Crippen molar-refractivity contribution < 1.29 is 0 Å². The van der Waals surface area contributed by atoms with E-state index in [2.05, 4.69) is 47.2 Å². The van der Waals surface area contributed by atoms with Crippen molar-refractivity contribution in [3.63, 3.8) is 0 Å². The van der Waals surface area contributed by atoms with E-state index in [0.717, 1.165) is 26.1 Å². The Balaban J connectivity index is 1.95. The van der Waals surface area contributed by atoms with E-state index in [1.807, 2.05) is 0 Å². The minimum Gasteiger partial charge on any atom is -0.329 e. The topological polar surface area (TPSA) is 32.5 Å². The molecule has 1 aromatic carbocycles. The van der Waals surface area contributed by atoms with Gasteiger partial charge in [-0.25, -0.2) is 0 Å². The molecule has 0 amide bonds.